The average Bonchev–Trinajstić information content (AvgIpc) is 3.12. The maximum atomic E-state index is 12.7. The Hall–Kier alpha value is -2.69. The molecule has 2 aromatic heterocycles. The van der Waals surface area contributed by atoms with Crippen LogP contribution in [0.3, 0.4) is 0 Å². The first-order chi connectivity index (χ1) is 13.8. The fraction of sp³-hybridized carbons (Fsp3) is 0.458. The monoisotopic (exact) mass is 392 g/mol. The first kappa shape index (κ1) is 21.0. The van der Waals surface area contributed by atoms with Gasteiger partial charge in [-0.1, -0.05) is 31.2 Å². The van der Waals surface area contributed by atoms with Crippen molar-refractivity contribution in [1.29, 1.82) is 0 Å². The van der Waals surface area contributed by atoms with E-state index in [0.717, 1.165) is 34.3 Å². The molecule has 154 valence electrons. The summed E-state index contributed by atoms with van der Waals surface area (Å²) in [5, 5.41) is 5.58. The minimum Gasteiger partial charge on any atom is -0.341 e. The van der Waals surface area contributed by atoms with Gasteiger partial charge in [-0.25, -0.2) is 9.67 Å². The molecular formula is C24H32N4O. The van der Waals surface area contributed by atoms with E-state index in [4.69, 9.17) is 4.98 Å². The van der Waals surface area contributed by atoms with Crippen molar-refractivity contribution in [2.75, 3.05) is 7.05 Å². The number of carbonyl (C=O) groups excluding carboxylic acids is 1. The van der Waals surface area contributed by atoms with E-state index in [1.165, 1.54) is 11.1 Å². The molecular weight excluding hydrogens is 360 g/mol. The summed E-state index contributed by atoms with van der Waals surface area (Å²) >= 11 is 0. The molecule has 5 heteroatoms. The Balaban J connectivity index is 1.69. The normalized spacial score (nSPS) is 11.4. The molecule has 0 fully saturated rings. The summed E-state index contributed by atoms with van der Waals surface area (Å²) in [6, 6.07) is 8.77. The lowest BCUT2D eigenvalue weighted by Crippen LogP contribution is -2.26. The van der Waals surface area contributed by atoms with Gasteiger partial charge in [0, 0.05) is 37.1 Å². The Bertz CT molecular complexity index is 1000. The van der Waals surface area contributed by atoms with Crippen molar-refractivity contribution in [3.63, 3.8) is 0 Å². The standard InChI is InChI=1S/C24H32N4O/c1-7-19-8-10-20(11-9-19)15-27(6)23(29)13-12-21-17(4)22-14-25-28(16(2)3)24(22)26-18(21)5/h8-11,14,16H,7,12-13,15H2,1-6H3. The second-order valence-corrected chi connectivity index (χ2v) is 8.14. The smallest absolute Gasteiger partial charge is 0.222 e. The molecule has 0 aliphatic rings. The van der Waals surface area contributed by atoms with Crippen molar-refractivity contribution in [1.82, 2.24) is 19.7 Å². The summed E-state index contributed by atoms with van der Waals surface area (Å²) in [5.41, 5.74) is 6.74. The minimum absolute atomic E-state index is 0.154. The van der Waals surface area contributed by atoms with Crippen molar-refractivity contribution >= 4 is 16.9 Å². The van der Waals surface area contributed by atoms with Crippen LogP contribution < -0.4 is 0 Å². The van der Waals surface area contributed by atoms with E-state index in [1.807, 2.05) is 29.7 Å². The molecule has 0 saturated carbocycles. The van der Waals surface area contributed by atoms with Gasteiger partial charge >= 0.3 is 0 Å². The van der Waals surface area contributed by atoms with Gasteiger partial charge in [-0.2, -0.15) is 5.10 Å². The van der Waals surface area contributed by atoms with E-state index in [2.05, 4.69) is 57.1 Å². The van der Waals surface area contributed by atoms with Crippen LogP contribution in [0.1, 0.15) is 61.2 Å². The Kier molecular flexibility index (Phi) is 6.36. The summed E-state index contributed by atoms with van der Waals surface area (Å²) in [6.07, 6.45) is 4.11. The van der Waals surface area contributed by atoms with Crippen LogP contribution >= 0.6 is 0 Å². The minimum atomic E-state index is 0.154. The summed E-state index contributed by atoms with van der Waals surface area (Å²) in [4.78, 5) is 19.3. The summed E-state index contributed by atoms with van der Waals surface area (Å²) < 4.78 is 1.96. The number of rotatable bonds is 7. The Morgan fingerprint density at radius 3 is 2.41 bits per heavy atom. The molecule has 3 aromatic rings. The first-order valence-corrected chi connectivity index (χ1v) is 10.5. The zero-order valence-corrected chi connectivity index (χ0v) is 18.5. The van der Waals surface area contributed by atoms with Gasteiger partial charge in [-0.05, 0) is 62.8 Å². The van der Waals surface area contributed by atoms with Gasteiger partial charge in [0.05, 0.1) is 6.20 Å². The number of fused-ring (bicyclic) bond motifs is 1. The number of nitrogens with zero attached hydrogens (tertiary/aromatic N) is 4. The highest BCUT2D eigenvalue weighted by Gasteiger charge is 2.17. The van der Waals surface area contributed by atoms with Crippen molar-refractivity contribution in [2.45, 2.75) is 66.5 Å². The quantitative estimate of drug-likeness (QED) is 0.581. The van der Waals surface area contributed by atoms with Gasteiger partial charge in [-0.15, -0.1) is 0 Å². The molecule has 2 heterocycles. The molecule has 5 nitrogen and oxygen atoms in total. The first-order valence-electron chi connectivity index (χ1n) is 10.5. The molecule has 0 unspecified atom stereocenters. The fourth-order valence-corrected chi connectivity index (χ4v) is 3.80. The highest BCUT2D eigenvalue weighted by molar-refractivity contribution is 5.81. The molecule has 1 amide bonds. The molecule has 0 aliphatic heterocycles. The van der Waals surface area contributed by atoms with Crippen LogP contribution in [-0.2, 0) is 24.2 Å². The van der Waals surface area contributed by atoms with Crippen LogP contribution in [0.15, 0.2) is 30.5 Å². The number of hydrogen-bond donors (Lipinski definition) is 0. The molecule has 0 bridgehead atoms. The Morgan fingerprint density at radius 2 is 1.79 bits per heavy atom. The largest absolute Gasteiger partial charge is 0.341 e. The number of aromatic nitrogens is 3. The topological polar surface area (TPSA) is 51.0 Å². The zero-order valence-electron chi connectivity index (χ0n) is 18.5. The molecule has 0 spiro atoms. The van der Waals surface area contributed by atoms with Crippen LogP contribution in [-0.4, -0.2) is 32.6 Å². The second kappa shape index (κ2) is 8.76. The molecule has 0 atom stereocenters. The number of aryl methyl sites for hydroxylation is 3. The van der Waals surface area contributed by atoms with Gasteiger partial charge in [0.15, 0.2) is 5.65 Å². The van der Waals surface area contributed by atoms with Gasteiger partial charge in [0.2, 0.25) is 5.91 Å². The van der Waals surface area contributed by atoms with Crippen LogP contribution in [0, 0.1) is 13.8 Å². The number of pyridine rings is 1. The van der Waals surface area contributed by atoms with Crippen molar-refractivity contribution in [3.8, 4) is 0 Å². The van der Waals surface area contributed by atoms with Crippen LogP contribution in [0.2, 0.25) is 0 Å². The molecule has 0 N–H and O–H groups in total. The number of amides is 1. The van der Waals surface area contributed by atoms with E-state index >= 15 is 0 Å². The van der Waals surface area contributed by atoms with Crippen LogP contribution in [0.4, 0.5) is 0 Å². The molecule has 29 heavy (non-hydrogen) atoms. The second-order valence-electron chi connectivity index (χ2n) is 8.14. The van der Waals surface area contributed by atoms with Crippen LogP contribution in [0.25, 0.3) is 11.0 Å². The van der Waals surface area contributed by atoms with E-state index in [9.17, 15) is 4.79 Å². The van der Waals surface area contributed by atoms with E-state index in [-0.39, 0.29) is 11.9 Å². The van der Waals surface area contributed by atoms with Crippen molar-refractivity contribution < 1.29 is 4.79 Å². The SMILES string of the molecule is CCc1ccc(CN(C)C(=O)CCc2c(C)nc3c(cnn3C(C)C)c2C)cc1. The number of hydrogen-bond acceptors (Lipinski definition) is 3. The van der Waals surface area contributed by atoms with E-state index < -0.39 is 0 Å². The fourth-order valence-electron chi connectivity index (χ4n) is 3.80. The van der Waals surface area contributed by atoms with Crippen molar-refractivity contribution in [3.05, 3.63) is 58.4 Å². The predicted octanol–water partition coefficient (Wildman–Crippen LogP) is 4.78. The highest BCUT2D eigenvalue weighted by atomic mass is 16.2. The Labute approximate surface area is 173 Å². The number of benzene rings is 1. The number of carbonyl (C=O) groups is 1. The predicted molar refractivity (Wildman–Crippen MR) is 118 cm³/mol. The third-order valence-corrected chi connectivity index (χ3v) is 5.69. The third kappa shape index (κ3) is 4.50. The molecule has 0 saturated heterocycles. The van der Waals surface area contributed by atoms with Gasteiger partial charge in [-0.3, -0.25) is 4.79 Å². The van der Waals surface area contributed by atoms with E-state index in [0.29, 0.717) is 19.4 Å². The molecule has 0 aliphatic carbocycles. The average molecular weight is 393 g/mol. The summed E-state index contributed by atoms with van der Waals surface area (Å²) in [5.74, 6) is 0.154. The van der Waals surface area contributed by atoms with Gasteiger partial charge in [0.1, 0.15) is 0 Å². The van der Waals surface area contributed by atoms with Gasteiger partial charge in [0.25, 0.3) is 0 Å². The molecule has 3 rings (SSSR count). The Morgan fingerprint density at radius 1 is 1.14 bits per heavy atom. The lowest BCUT2D eigenvalue weighted by Gasteiger charge is -2.18. The summed E-state index contributed by atoms with van der Waals surface area (Å²) in [6.45, 7) is 11.1. The highest BCUT2D eigenvalue weighted by Crippen LogP contribution is 2.25. The van der Waals surface area contributed by atoms with Gasteiger partial charge < -0.3 is 4.90 Å². The lowest BCUT2D eigenvalue weighted by molar-refractivity contribution is -0.130. The molecule has 0 radical (unpaired) electrons. The lowest BCUT2D eigenvalue weighted by atomic mass is 10.00. The maximum absolute atomic E-state index is 12.7. The third-order valence-electron chi connectivity index (χ3n) is 5.69. The zero-order chi connectivity index (χ0) is 21.1. The van der Waals surface area contributed by atoms with Crippen LogP contribution in [0.5, 0.6) is 0 Å². The summed E-state index contributed by atoms with van der Waals surface area (Å²) in [7, 11) is 1.88. The molecule has 1 aromatic carbocycles. The van der Waals surface area contributed by atoms with Crippen molar-refractivity contribution in [2.24, 2.45) is 0 Å². The van der Waals surface area contributed by atoms with E-state index in [1.54, 1.807) is 0 Å². The maximum Gasteiger partial charge on any atom is 0.222 e.